The van der Waals surface area contributed by atoms with Gasteiger partial charge in [-0.15, -0.1) is 0 Å². The summed E-state index contributed by atoms with van der Waals surface area (Å²) in [5, 5.41) is 7.54. The highest BCUT2D eigenvalue weighted by Crippen LogP contribution is 2.49. The number of hydrogen-bond acceptors (Lipinski definition) is 6. The van der Waals surface area contributed by atoms with Crippen LogP contribution in [0.1, 0.15) is 45.3 Å². The average Bonchev–Trinajstić information content (AvgIpc) is 3.21. The van der Waals surface area contributed by atoms with Crippen molar-refractivity contribution in [3.63, 3.8) is 0 Å². The molecule has 2 aliphatic rings. The van der Waals surface area contributed by atoms with Crippen molar-refractivity contribution in [2.75, 3.05) is 18.0 Å². The molecule has 162 valence electrons. The van der Waals surface area contributed by atoms with Gasteiger partial charge < -0.3 is 15.0 Å². The van der Waals surface area contributed by atoms with Gasteiger partial charge in [0, 0.05) is 38.3 Å². The molecule has 2 aromatic rings. The molecule has 0 aromatic carbocycles. The largest absolute Gasteiger partial charge is 0.444 e. The van der Waals surface area contributed by atoms with Gasteiger partial charge >= 0.3 is 6.09 Å². The summed E-state index contributed by atoms with van der Waals surface area (Å²) >= 11 is 3.24. The molecule has 1 N–H and O–H groups in total. The van der Waals surface area contributed by atoms with Crippen LogP contribution in [-0.4, -0.2) is 44.1 Å². The number of piperidine rings is 1. The smallest absolute Gasteiger partial charge is 0.408 e. The Kier molecular flexibility index (Phi) is 5.16. The number of anilines is 1. The van der Waals surface area contributed by atoms with Crippen LogP contribution in [0.3, 0.4) is 0 Å². The van der Waals surface area contributed by atoms with Crippen LogP contribution in [0.25, 0.3) is 0 Å². The van der Waals surface area contributed by atoms with Gasteiger partial charge in [-0.1, -0.05) is 0 Å². The molecule has 4 rings (SSSR count). The predicted molar refractivity (Wildman–Crippen MR) is 115 cm³/mol. The minimum absolute atomic E-state index is 0.106. The summed E-state index contributed by atoms with van der Waals surface area (Å²) < 4.78 is 9.51. The van der Waals surface area contributed by atoms with E-state index in [2.05, 4.69) is 36.2 Å². The Bertz CT molecular complexity index is 1020. The zero-order chi connectivity index (χ0) is 21.7. The van der Waals surface area contributed by atoms with Crippen LogP contribution in [0.15, 0.2) is 27.7 Å². The average molecular weight is 479 g/mol. The van der Waals surface area contributed by atoms with Crippen molar-refractivity contribution in [3.8, 4) is 0 Å². The normalized spacial score (nSPS) is 20.3. The third kappa shape index (κ3) is 3.73. The molecule has 30 heavy (non-hydrogen) atoms. The lowest BCUT2D eigenvalue weighted by atomic mass is 9.73. The number of hydrogen-bond donors (Lipinski definition) is 1. The van der Waals surface area contributed by atoms with E-state index in [9.17, 15) is 9.59 Å². The van der Waals surface area contributed by atoms with Crippen LogP contribution < -0.4 is 15.8 Å². The molecular formula is C20H27BrN6O3. The van der Waals surface area contributed by atoms with E-state index in [-0.39, 0.29) is 17.0 Å². The maximum atomic E-state index is 12.5. The quantitative estimate of drug-likeness (QED) is 0.712. The lowest BCUT2D eigenvalue weighted by Crippen LogP contribution is -2.48. The summed E-state index contributed by atoms with van der Waals surface area (Å²) in [4.78, 5) is 31.4. The van der Waals surface area contributed by atoms with Gasteiger partial charge in [0.15, 0.2) is 0 Å². The van der Waals surface area contributed by atoms with Crippen LogP contribution in [0.2, 0.25) is 0 Å². The van der Waals surface area contributed by atoms with Crippen molar-refractivity contribution in [1.29, 1.82) is 0 Å². The number of carbonyl (C=O) groups is 1. The molecular weight excluding hydrogens is 452 g/mol. The first kappa shape index (κ1) is 20.9. The van der Waals surface area contributed by atoms with Gasteiger partial charge in [-0.2, -0.15) is 5.10 Å². The molecule has 0 saturated carbocycles. The monoisotopic (exact) mass is 478 g/mol. The highest BCUT2D eigenvalue weighted by atomic mass is 79.9. The SMILES string of the molecule is Cn1c(N2CCC3(CC2)Cn2nccc2[C@H]3NC(=O)OC(C)(C)C)ncc(Br)c1=O. The van der Waals surface area contributed by atoms with Crippen molar-refractivity contribution >= 4 is 28.0 Å². The van der Waals surface area contributed by atoms with Crippen LogP contribution in [0.4, 0.5) is 10.7 Å². The van der Waals surface area contributed by atoms with Gasteiger partial charge in [0.05, 0.1) is 17.9 Å². The lowest BCUT2D eigenvalue weighted by Gasteiger charge is -2.43. The molecule has 1 saturated heterocycles. The number of ether oxygens (including phenoxy) is 1. The first-order chi connectivity index (χ1) is 14.1. The summed E-state index contributed by atoms with van der Waals surface area (Å²) in [6.07, 6.45) is 4.58. The summed E-state index contributed by atoms with van der Waals surface area (Å²) in [7, 11) is 1.73. The van der Waals surface area contributed by atoms with Crippen molar-refractivity contribution in [2.24, 2.45) is 12.5 Å². The second-order valence-corrected chi connectivity index (χ2v) is 9.97. The third-order valence-corrected chi connectivity index (χ3v) is 6.47. The van der Waals surface area contributed by atoms with Crippen molar-refractivity contribution in [2.45, 2.75) is 51.8 Å². The Morgan fingerprint density at radius 2 is 2.03 bits per heavy atom. The minimum Gasteiger partial charge on any atom is -0.444 e. The van der Waals surface area contributed by atoms with Crippen molar-refractivity contribution < 1.29 is 9.53 Å². The number of nitrogens with zero attached hydrogens (tertiary/aromatic N) is 5. The fourth-order valence-electron chi connectivity index (χ4n) is 4.48. The van der Waals surface area contributed by atoms with Gasteiger partial charge in [-0.05, 0) is 55.6 Å². The first-order valence-corrected chi connectivity index (χ1v) is 10.9. The fraction of sp³-hybridized carbons (Fsp3) is 0.600. The number of aromatic nitrogens is 4. The van der Waals surface area contributed by atoms with E-state index in [0.29, 0.717) is 10.4 Å². The maximum absolute atomic E-state index is 12.5. The maximum Gasteiger partial charge on any atom is 0.408 e. The van der Waals surface area contributed by atoms with E-state index >= 15 is 0 Å². The zero-order valence-corrected chi connectivity index (χ0v) is 19.3. The van der Waals surface area contributed by atoms with Crippen LogP contribution >= 0.6 is 15.9 Å². The number of carbonyl (C=O) groups excluding carboxylic acids is 1. The molecule has 10 heteroatoms. The number of amides is 1. The molecule has 2 aromatic heterocycles. The topological polar surface area (TPSA) is 94.3 Å². The Labute approximate surface area is 183 Å². The highest BCUT2D eigenvalue weighted by molar-refractivity contribution is 9.10. The molecule has 1 spiro atoms. The number of halogens is 1. The Morgan fingerprint density at radius 3 is 2.70 bits per heavy atom. The predicted octanol–water partition coefficient (Wildman–Crippen LogP) is 2.61. The molecule has 0 radical (unpaired) electrons. The summed E-state index contributed by atoms with van der Waals surface area (Å²) in [5.41, 5.74) is 0.192. The number of rotatable bonds is 2. The van der Waals surface area contributed by atoms with E-state index in [4.69, 9.17) is 4.74 Å². The summed E-state index contributed by atoms with van der Waals surface area (Å²) in [5.74, 6) is 0.658. The van der Waals surface area contributed by atoms with Crippen molar-refractivity contribution in [1.82, 2.24) is 24.6 Å². The number of alkyl carbamates (subject to hydrolysis) is 1. The zero-order valence-electron chi connectivity index (χ0n) is 17.7. The second kappa shape index (κ2) is 7.40. The van der Waals surface area contributed by atoms with E-state index in [1.54, 1.807) is 24.0 Å². The van der Waals surface area contributed by atoms with E-state index in [1.165, 1.54) is 0 Å². The number of nitrogens with one attached hydrogen (secondary N) is 1. The van der Waals surface area contributed by atoms with E-state index < -0.39 is 11.7 Å². The molecule has 9 nitrogen and oxygen atoms in total. The molecule has 0 bridgehead atoms. The second-order valence-electron chi connectivity index (χ2n) is 9.11. The standard InChI is InChI=1S/C20H27BrN6O3/c1-19(2,3)30-18(29)24-15-14-5-8-23-27(14)12-20(15)6-9-26(10-7-20)17-22-11-13(21)16(28)25(17)4/h5,8,11,15H,6-7,9-10,12H2,1-4H3,(H,24,29)/t15-/m1/s1. The summed E-state index contributed by atoms with van der Waals surface area (Å²) in [6, 6.07) is 1.79. The van der Waals surface area contributed by atoms with Gasteiger partial charge in [-0.25, -0.2) is 9.78 Å². The van der Waals surface area contributed by atoms with E-state index in [0.717, 1.165) is 38.2 Å². The molecule has 4 heterocycles. The van der Waals surface area contributed by atoms with Crippen molar-refractivity contribution in [3.05, 3.63) is 39.0 Å². The molecule has 1 fully saturated rings. The molecule has 1 atom stereocenters. The van der Waals surface area contributed by atoms with Crippen LogP contribution in [0, 0.1) is 5.41 Å². The lowest BCUT2D eigenvalue weighted by molar-refractivity contribution is 0.0423. The Balaban J connectivity index is 1.54. The number of fused-ring (bicyclic) bond motifs is 1. The summed E-state index contributed by atoms with van der Waals surface area (Å²) in [6.45, 7) is 7.79. The molecule has 2 aliphatic heterocycles. The Morgan fingerprint density at radius 1 is 1.33 bits per heavy atom. The molecule has 0 aliphatic carbocycles. The fourth-order valence-corrected chi connectivity index (χ4v) is 4.84. The third-order valence-electron chi connectivity index (χ3n) is 5.93. The van der Waals surface area contributed by atoms with Crippen LogP contribution in [-0.2, 0) is 18.3 Å². The minimum atomic E-state index is -0.558. The Hall–Kier alpha value is -2.36. The van der Waals surface area contributed by atoms with Gasteiger partial charge in [0.25, 0.3) is 5.56 Å². The van der Waals surface area contributed by atoms with Gasteiger partial charge in [0.2, 0.25) is 5.95 Å². The highest BCUT2D eigenvalue weighted by Gasteiger charge is 2.50. The van der Waals surface area contributed by atoms with E-state index in [1.807, 2.05) is 31.5 Å². The first-order valence-electron chi connectivity index (χ1n) is 10.1. The van der Waals surface area contributed by atoms with Crippen LogP contribution in [0.5, 0.6) is 0 Å². The van der Waals surface area contributed by atoms with Gasteiger partial charge in [0.1, 0.15) is 10.1 Å². The van der Waals surface area contributed by atoms with Gasteiger partial charge in [-0.3, -0.25) is 14.0 Å². The molecule has 0 unspecified atom stereocenters. The molecule has 1 amide bonds.